The van der Waals surface area contributed by atoms with Crippen LogP contribution in [0.15, 0.2) is 0 Å². The topological polar surface area (TPSA) is 26.0 Å². The molecule has 0 amide bonds. The van der Waals surface area contributed by atoms with E-state index in [-0.39, 0.29) is 0 Å². The van der Waals surface area contributed by atoms with Gasteiger partial charge < -0.3 is 5.73 Å². The lowest BCUT2D eigenvalue weighted by atomic mass is 9.90. The van der Waals surface area contributed by atoms with E-state index in [1.165, 1.54) is 70.6 Å². The van der Waals surface area contributed by atoms with Crippen LogP contribution in [-0.2, 0) is 0 Å². The largest absolute Gasteiger partial charge is 0.330 e. The maximum absolute atomic E-state index is 5.81. The molecule has 1 aliphatic carbocycles. The van der Waals surface area contributed by atoms with Gasteiger partial charge in [0.25, 0.3) is 0 Å². The van der Waals surface area contributed by atoms with E-state index in [9.17, 15) is 0 Å². The standard InChI is InChI=1S/C15H31N/c1-2-3-4-5-6-7-8-10-14-11-9-12-15(14)13-16/h14-15H,2-13,16H2,1H3. The fourth-order valence-electron chi connectivity index (χ4n) is 3.17. The highest BCUT2D eigenvalue weighted by molar-refractivity contribution is 4.77. The van der Waals surface area contributed by atoms with Crippen LogP contribution >= 0.6 is 0 Å². The molecule has 16 heavy (non-hydrogen) atoms. The molecule has 1 fully saturated rings. The van der Waals surface area contributed by atoms with Gasteiger partial charge in [-0.2, -0.15) is 0 Å². The van der Waals surface area contributed by atoms with E-state index in [0.29, 0.717) is 0 Å². The van der Waals surface area contributed by atoms with Crippen molar-refractivity contribution in [2.24, 2.45) is 17.6 Å². The quantitative estimate of drug-likeness (QED) is 0.574. The van der Waals surface area contributed by atoms with Gasteiger partial charge in [0.1, 0.15) is 0 Å². The van der Waals surface area contributed by atoms with E-state index >= 15 is 0 Å². The Balaban J connectivity index is 1.90. The Morgan fingerprint density at radius 3 is 2.19 bits per heavy atom. The highest BCUT2D eigenvalue weighted by Gasteiger charge is 2.24. The van der Waals surface area contributed by atoms with Crippen LogP contribution in [0.25, 0.3) is 0 Å². The minimum atomic E-state index is 0.861. The number of nitrogens with two attached hydrogens (primary N) is 1. The molecule has 1 saturated carbocycles. The first-order chi connectivity index (χ1) is 7.88. The Labute approximate surface area is 102 Å². The number of unbranched alkanes of at least 4 members (excludes halogenated alkanes) is 6. The molecule has 0 aromatic rings. The van der Waals surface area contributed by atoms with E-state index in [1.54, 1.807) is 0 Å². The molecule has 96 valence electrons. The van der Waals surface area contributed by atoms with Crippen LogP contribution in [0.1, 0.15) is 77.6 Å². The summed E-state index contributed by atoms with van der Waals surface area (Å²) in [5.41, 5.74) is 5.81. The van der Waals surface area contributed by atoms with E-state index in [1.807, 2.05) is 0 Å². The molecule has 1 aliphatic rings. The predicted octanol–water partition coefficient (Wildman–Crippen LogP) is 4.50. The molecule has 0 aromatic carbocycles. The SMILES string of the molecule is CCCCCCCCCC1CCCC1CN. The molecule has 0 spiro atoms. The van der Waals surface area contributed by atoms with Crippen LogP contribution in [0.4, 0.5) is 0 Å². The first kappa shape index (κ1) is 14.0. The molecule has 0 bridgehead atoms. The molecule has 1 rings (SSSR count). The lowest BCUT2D eigenvalue weighted by Crippen LogP contribution is -2.18. The van der Waals surface area contributed by atoms with Crippen LogP contribution in [0, 0.1) is 11.8 Å². The van der Waals surface area contributed by atoms with Gasteiger partial charge in [-0.05, 0) is 24.8 Å². The van der Waals surface area contributed by atoms with Gasteiger partial charge in [-0.25, -0.2) is 0 Å². The monoisotopic (exact) mass is 225 g/mol. The summed E-state index contributed by atoms with van der Waals surface area (Å²) in [5.74, 6) is 1.83. The van der Waals surface area contributed by atoms with Crippen LogP contribution in [-0.4, -0.2) is 6.54 Å². The van der Waals surface area contributed by atoms with Crippen LogP contribution in [0.5, 0.6) is 0 Å². The van der Waals surface area contributed by atoms with Gasteiger partial charge >= 0.3 is 0 Å². The second-order valence-electron chi connectivity index (χ2n) is 5.60. The first-order valence-electron chi connectivity index (χ1n) is 7.58. The second-order valence-corrected chi connectivity index (χ2v) is 5.60. The third-order valence-corrected chi connectivity index (χ3v) is 4.30. The minimum Gasteiger partial charge on any atom is -0.330 e. The van der Waals surface area contributed by atoms with Gasteiger partial charge in [-0.15, -0.1) is 0 Å². The van der Waals surface area contributed by atoms with E-state index < -0.39 is 0 Å². The van der Waals surface area contributed by atoms with Gasteiger partial charge in [0.2, 0.25) is 0 Å². The molecule has 1 nitrogen and oxygen atoms in total. The van der Waals surface area contributed by atoms with Gasteiger partial charge in [0.15, 0.2) is 0 Å². The molecule has 2 atom stereocenters. The smallest absolute Gasteiger partial charge is 0.00462 e. The van der Waals surface area contributed by atoms with Crippen molar-refractivity contribution in [2.45, 2.75) is 77.6 Å². The maximum atomic E-state index is 5.81. The summed E-state index contributed by atoms with van der Waals surface area (Å²) < 4.78 is 0. The summed E-state index contributed by atoms with van der Waals surface area (Å²) in [6.07, 6.45) is 15.8. The first-order valence-corrected chi connectivity index (χ1v) is 7.58. The summed E-state index contributed by atoms with van der Waals surface area (Å²) in [6.45, 7) is 3.22. The van der Waals surface area contributed by atoms with E-state index in [4.69, 9.17) is 5.73 Å². The minimum absolute atomic E-state index is 0.861. The number of rotatable bonds is 9. The Kier molecular flexibility index (Phi) is 7.92. The highest BCUT2D eigenvalue weighted by Crippen LogP contribution is 2.34. The number of hydrogen-bond donors (Lipinski definition) is 1. The second kappa shape index (κ2) is 9.04. The van der Waals surface area contributed by atoms with Crippen LogP contribution in [0.2, 0.25) is 0 Å². The summed E-state index contributed by atoms with van der Waals surface area (Å²) in [6, 6.07) is 0. The van der Waals surface area contributed by atoms with Gasteiger partial charge in [-0.1, -0.05) is 71.1 Å². The van der Waals surface area contributed by atoms with Gasteiger partial charge in [-0.3, -0.25) is 0 Å². The molecule has 0 saturated heterocycles. The zero-order valence-corrected chi connectivity index (χ0v) is 11.2. The third kappa shape index (κ3) is 5.34. The Hall–Kier alpha value is -0.0400. The van der Waals surface area contributed by atoms with Crippen molar-refractivity contribution in [2.75, 3.05) is 6.54 Å². The summed E-state index contributed by atoms with van der Waals surface area (Å²) in [7, 11) is 0. The van der Waals surface area contributed by atoms with E-state index in [2.05, 4.69) is 6.92 Å². The average molecular weight is 225 g/mol. The van der Waals surface area contributed by atoms with Crippen molar-refractivity contribution in [1.29, 1.82) is 0 Å². The highest BCUT2D eigenvalue weighted by atomic mass is 14.6. The van der Waals surface area contributed by atoms with Crippen molar-refractivity contribution in [3.05, 3.63) is 0 Å². The fraction of sp³-hybridized carbons (Fsp3) is 1.00. The van der Waals surface area contributed by atoms with Crippen molar-refractivity contribution >= 4 is 0 Å². The molecule has 0 aliphatic heterocycles. The van der Waals surface area contributed by atoms with Crippen LogP contribution < -0.4 is 5.73 Å². The van der Waals surface area contributed by atoms with Gasteiger partial charge in [0, 0.05) is 0 Å². The Bertz CT molecular complexity index is 156. The molecule has 0 heterocycles. The Morgan fingerprint density at radius 1 is 0.875 bits per heavy atom. The van der Waals surface area contributed by atoms with Crippen molar-refractivity contribution < 1.29 is 0 Å². The predicted molar refractivity (Wildman–Crippen MR) is 72.5 cm³/mol. The number of hydrogen-bond acceptors (Lipinski definition) is 1. The van der Waals surface area contributed by atoms with Crippen molar-refractivity contribution in [3.8, 4) is 0 Å². The fourth-order valence-corrected chi connectivity index (χ4v) is 3.17. The van der Waals surface area contributed by atoms with E-state index in [0.717, 1.165) is 18.4 Å². The molecule has 2 N–H and O–H groups in total. The zero-order chi connectivity index (χ0) is 11.6. The normalized spacial score (nSPS) is 25.1. The maximum Gasteiger partial charge on any atom is -0.00462 e. The third-order valence-electron chi connectivity index (χ3n) is 4.30. The van der Waals surface area contributed by atoms with Crippen molar-refractivity contribution in [3.63, 3.8) is 0 Å². The summed E-state index contributed by atoms with van der Waals surface area (Å²) >= 11 is 0. The Morgan fingerprint density at radius 2 is 1.50 bits per heavy atom. The molecule has 2 unspecified atom stereocenters. The summed E-state index contributed by atoms with van der Waals surface area (Å²) in [4.78, 5) is 0. The van der Waals surface area contributed by atoms with Crippen LogP contribution in [0.3, 0.4) is 0 Å². The molecular formula is C15H31N. The molecule has 0 radical (unpaired) electrons. The van der Waals surface area contributed by atoms with Crippen molar-refractivity contribution in [1.82, 2.24) is 0 Å². The lowest BCUT2D eigenvalue weighted by molar-refractivity contribution is 0.357. The molecule has 0 aromatic heterocycles. The average Bonchev–Trinajstić information content (AvgIpc) is 2.75. The molecule has 1 heteroatoms. The lowest BCUT2D eigenvalue weighted by Gasteiger charge is -2.17. The van der Waals surface area contributed by atoms with Gasteiger partial charge in [0.05, 0.1) is 0 Å². The molecular weight excluding hydrogens is 194 g/mol. The zero-order valence-electron chi connectivity index (χ0n) is 11.2. The summed E-state index contributed by atoms with van der Waals surface area (Å²) in [5, 5.41) is 0.